The number of rotatable bonds is 9. The van der Waals surface area contributed by atoms with Crippen LogP contribution in [0.25, 0.3) is 38.9 Å². The minimum atomic E-state index is -0.164. The third-order valence-electron chi connectivity index (χ3n) is 7.04. The Hall–Kier alpha value is -5.49. The lowest BCUT2D eigenvalue weighted by Crippen LogP contribution is -2.16. The quantitative estimate of drug-likeness (QED) is 0.206. The summed E-state index contributed by atoms with van der Waals surface area (Å²) in [5.41, 5.74) is 11.3. The van der Waals surface area contributed by atoms with Crippen molar-refractivity contribution in [3.63, 3.8) is 0 Å². The highest BCUT2D eigenvalue weighted by molar-refractivity contribution is 6.00. The number of methoxy groups -OCH3 is 1. The summed E-state index contributed by atoms with van der Waals surface area (Å²) in [5.74, 6) is 1.16. The van der Waals surface area contributed by atoms with E-state index in [1.807, 2.05) is 48.0 Å². The van der Waals surface area contributed by atoms with Crippen LogP contribution in [0.5, 0.6) is 5.75 Å². The van der Waals surface area contributed by atoms with E-state index in [-0.39, 0.29) is 24.8 Å². The number of nitrogens with one attached hydrogen (secondary N) is 2. The molecule has 0 radical (unpaired) electrons. The van der Waals surface area contributed by atoms with Crippen LogP contribution in [-0.4, -0.2) is 60.6 Å². The molecule has 4 heterocycles. The lowest BCUT2D eigenvalue weighted by Gasteiger charge is -2.12. The van der Waals surface area contributed by atoms with E-state index in [4.69, 9.17) is 20.7 Å². The minimum Gasteiger partial charge on any atom is -0.495 e. The molecule has 0 atom stereocenters. The van der Waals surface area contributed by atoms with Gasteiger partial charge in [0, 0.05) is 42.6 Å². The van der Waals surface area contributed by atoms with E-state index in [0.717, 1.165) is 16.6 Å². The number of hydrogen-bond acceptors (Lipinski definition) is 9. The molecule has 0 unspecified atom stereocenters. The number of amides is 1. The summed E-state index contributed by atoms with van der Waals surface area (Å²) < 4.78 is 9.36. The van der Waals surface area contributed by atoms with Crippen molar-refractivity contribution in [1.29, 1.82) is 0 Å². The molecular weight excluding hydrogens is 534 g/mol. The van der Waals surface area contributed by atoms with E-state index in [1.165, 1.54) is 6.33 Å². The van der Waals surface area contributed by atoms with Crippen LogP contribution in [0, 0.1) is 0 Å². The number of carbonyl (C=O) groups excluding carboxylic acids is 1. The first-order chi connectivity index (χ1) is 20.5. The zero-order valence-corrected chi connectivity index (χ0v) is 23.1. The summed E-state index contributed by atoms with van der Waals surface area (Å²) in [6.45, 7) is 0.341. The summed E-state index contributed by atoms with van der Waals surface area (Å²) in [4.78, 5) is 26.0. The number of aliphatic hydroxyl groups is 1. The summed E-state index contributed by atoms with van der Waals surface area (Å²) in [6, 6.07) is 19.1. The number of hydrogen-bond donors (Lipinski definition) is 4. The molecule has 12 heteroatoms. The van der Waals surface area contributed by atoms with Gasteiger partial charge in [-0.1, -0.05) is 24.3 Å². The van der Waals surface area contributed by atoms with E-state index < -0.39 is 0 Å². The molecule has 0 aliphatic heterocycles. The number of fused-ring (bicyclic) bond motifs is 2. The number of benzene rings is 2. The van der Waals surface area contributed by atoms with Gasteiger partial charge in [-0.3, -0.25) is 4.79 Å². The van der Waals surface area contributed by atoms with Crippen LogP contribution in [0.2, 0.25) is 0 Å². The Bertz CT molecular complexity index is 1930. The monoisotopic (exact) mass is 563 g/mol. The molecule has 0 saturated carbocycles. The number of anilines is 3. The maximum Gasteiger partial charge on any atom is 0.230 e. The van der Waals surface area contributed by atoms with E-state index in [1.54, 1.807) is 42.3 Å². The maximum atomic E-state index is 13.1. The first-order valence-electron chi connectivity index (χ1n) is 13.3. The number of nitrogen functional groups attached to an aromatic ring is 1. The van der Waals surface area contributed by atoms with E-state index >= 15 is 0 Å². The molecule has 42 heavy (non-hydrogen) atoms. The largest absolute Gasteiger partial charge is 0.495 e. The molecule has 0 fully saturated rings. The average molecular weight is 564 g/mol. The highest BCUT2D eigenvalue weighted by atomic mass is 16.5. The molecule has 0 aliphatic rings. The topological polar surface area (TPSA) is 158 Å². The number of aryl methyl sites for hydroxylation is 1. The predicted molar refractivity (Wildman–Crippen MR) is 162 cm³/mol. The zero-order valence-electron chi connectivity index (χ0n) is 23.1. The van der Waals surface area contributed by atoms with E-state index in [2.05, 4.69) is 25.6 Å². The van der Waals surface area contributed by atoms with Crippen molar-refractivity contribution in [3.8, 4) is 22.7 Å². The summed E-state index contributed by atoms with van der Waals surface area (Å²) in [7, 11) is 3.50. The fourth-order valence-electron chi connectivity index (χ4n) is 5.00. The van der Waals surface area contributed by atoms with Gasteiger partial charge in [0.1, 0.15) is 29.4 Å². The second-order valence-corrected chi connectivity index (χ2v) is 9.66. The second kappa shape index (κ2) is 11.2. The van der Waals surface area contributed by atoms with E-state index in [0.29, 0.717) is 51.8 Å². The van der Waals surface area contributed by atoms with Crippen molar-refractivity contribution in [2.45, 2.75) is 6.42 Å². The molecule has 0 aliphatic carbocycles. The van der Waals surface area contributed by atoms with Crippen LogP contribution in [0.3, 0.4) is 0 Å². The predicted octanol–water partition coefficient (Wildman–Crippen LogP) is 3.55. The second-order valence-electron chi connectivity index (χ2n) is 9.66. The van der Waals surface area contributed by atoms with Crippen LogP contribution in [0.4, 0.5) is 17.3 Å². The molecular formula is C30H29N9O3. The van der Waals surface area contributed by atoms with Gasteiger partial charge in [-0.15, -0.1) is 0 Å². The number of pyridine rings is 1. The Morgan fingerprint density at radius 3 is 2.74 bits per heavy atom. The van der Waals surface area contributed by atoms with Gasteiger partial charge in [0.05, 0.1) is 36.9 Å². The van der Waals surface area contributed by atoms with Gasteiger partial charge < -0.3 is 30.8 Å². The lowest BCUT2D eigenvalue weighted by atomic mass is 10.1. The highest BCUT2D eigenvalue weighted by Crippen LogP contribution is 2.36. The SMILES string of the molecule is COc1cc(-c2nn(-c3ccnc(NCCO)c3)c3ncnc(N)c23)ccc1NC(=O)Cc1cc2ccccc2n1C. The van der Waals surface area contributed by atoms with Gasteiger partial charge in [0.25, 0.3) is 0 Å². The summed E-state index contributed by atoms with van der Waals surface area (Å²) in [5, 5.41) is 21.7. The maximum absolute atomic E-state index is 13.1. The molecule has 1 amide bonds. The van der Waals surface area contributed by atoms with Crippen molar-refractivity contribution in [2.75, 3.05) is 36.6 Å². The molecule has 212 valence electrons. The molecule has 4 aromatic heterocycles. The third kappa shape index (κ3) is 4.95. The normalized spacial score (nSPS) is 11.2. The summed E-state index contributed by atoms with van der Waals surface area (Å²) in [6.07, 6.45) is 3.24. The molecule has 6 rings (SSSR count). The number of nitrogens with two attached hydrogens (primary N) is 1. The van der Waals surface area contributed by atoms with Gasteiger partial charge in [0.2, 0.25) is 5.91 Å². The van der Waals surface area contributed by atoms with Crippen LogP contribution in [0.15, 0.2) is 73.2 Å². The lowest BCUT2D eigenvalue weighted by molar-refractivity contribution is -0.115. The molecule has 12 nitrogen and oxygen atoms in total. The Labute approximate surface area is 240 Å². The number of aromatic nitrogens is 6. The fraction of sp³-hybridized carbons (Fsp3) is 0.167. The smallest absolute Gasteiger partial charge is 0.230 e. The van der Waals surface area contributed by atoms with Crippen molar-refractivity contribution >= 4 is 45.2 Å². The van der Waals surface area contributed by atoms with E-state index in [9.17, 15) is 4.79 Å². The minimum absolute atomic E-state index is 0.0219. The zero-order chi connectivity index (χ0) is 29.2. The summed E-state index contributed by atoms with van der Waals surface area (Å²) >= 11 is 0. The van der Waals surface area contributed by atoms with Crippen molar-refractivity contribution in [1.82, 2.24) is 29.3 Å². The third-order valence-corrected chi connectivity index (χ3v) is 7.04. The van der Waals surface area contributed by atoms with Gasteiger partial charge in [-0.05, 0) is 35.7 Å². The van der Waals surface area contributed by atoms with Crippen LogP contribution in [-0.2, 0) is 18.3 Å². The first kappa shape index (κ1) is 26.7. The molecule has 6 aromatic rings. The fourth-order valence-corrected chi connectivity index (χ4v) is 5.00. The van der Waals surface area contributed by atoms with Crippen LogP contribution in [0.1, 0.15) is 5.69 Å². The Morgan fingerprint density at radius 1 is 1.07 bits per heavy atom. The number of nitrogens with zero attached hydrogens (tertiary/aromatic N) is 6. The molecule has 0 saturated heterocycles. The molecule has 0 bridgehead atoms. The van der Waals surface area contributed by atoms with Crippen molar-refractivity contribution in [3.05, 3.63) is 78.9 Å². The Morgan fingerprint density at radius 2 is 1.93 bits per heavy atom. The number of para-hydroxylation sites is 1. The molecule has 5 N–H and O–H groups in total. The van der Waals surface area contributed by atoms with Gasteiger partial charge in [-0.2, -0.15) is 5.10 Å². The Kier molecular flexibility index (Phi) is 7.11. The van der Waals surface area contributed by atoms with Gasteiger partial charge >= 0.3 is 0 Å². The van der Waals surface area contributed by atoms with Crippen LogP contribution < -0.4 is 21.1 Å². The number of aliphatic hydroxyl groups excluding tert-OH is 1. The van der Waals surface area contributed by atoms with Crippen molar-refractivity contribution < 1.29 is 14.6 Å². The highest BCUT2D eigenvalue weighted by Gasteiger charge is 2.20. The standard InChI is InChI=1S/C30H29N9O3/c1-38-21(13-18-5-3-4-6-23(18)38)16-26(41)36-22-8-7-19(14-24(22)42-2)28-27-29(31)34-17-35-30(27)39(37-28)20-9-10-32-25(15-20)33-11-12-40/h3-10,13-15,17,40H,11-12,16H2,1-2H3,(H,32,33)(H,36,41)(H2,31,34,35). The molecule has 0 spiro atoms. The van der Waals surface area contributed by atoms with Gasteiger partial charge in [-0.25, -0.2) is 19.6 Å². The number of carbonyl (C=O) groups is 1. The first-order valence-corrected chi connectivity index (χ1v) is 13.3. The van der Waals surface area contributed by atoms with Crippen molar-refractivity contribution in [2.24, 2.45) is 7.05 Å². The molecule has 2 aromatic carbocycles. The Balaban J connectivity index is 1.32. The van der Waals surface area contributed by atoms with Crippen LogP contribution >= 0.6 is 0 Å². The number of ether oxygens (including phenoxy) is 1. The average Bonchev–Trinajstić information content (AvgIpc) is 3.55. The van der Waals surface area contributed by atoms with Gasteiger partial charge in [0.15, 0.2) is 5.65 Å².